The van der Waals surface area contributed by atoms with Crippen molar-refractivity contribution >= 4 is 0 Å². The third-order valence-electron chi connectivity index (χ3n) is 2.07. The van der Waals surface area contributed by atoms with Crippen molar-refractivity contribution in [3.8, 4) is 0 Å². The molecule has 68 valence electrons. The van der Waals surface area contributed by atoms with Crippen LogP contribution in [0.25, 0.3) is 0 Å². The highest BCUT2D eigenvalue weighted by molar-refractivity contribution is 4.84. The predicted molar refractivity (Wildman–Crippen MR) is 47.6 cm³/mol. The van der Waals surface area contributed by atoms with Crippen LogP contribution in [0.3, 0.4) is 0 Å². The molecule has 2 N–H and O–H groups in total. The van der Waals surface area contributed by atoms with Crippen molar-refractivity contribution in [1.29, 1.82) is 0 Å². The summed E-state index contributed by atoms with van der Waals surface area (Å²) in [5.74, 6) is 1.01. The van der Waals surface area contributed by atoms with E-state index in [9.17, 15) is 0 Å². The molecule has 0 aromatic carbocycles. The first kappa shape index (κ1) is 9.19. The minimum Gasteiger partial charge on any atom is -0.328 e. The lowest BCUT2D eigenvalue weighted by molar-refractivity contribution is 0.569. The third kappa shape index (κ3) is 2.30. The summed E-state index contributed by atoms with van der Waals surface area (Å²) in [4.78, 5) is 4.12. The van der Waals surface area contributed by atoms with Crippen LogP contribution in [0.1, 0.15) is 25.6 Å². The fourth-order valence-corrected chi connectivity index (χ4v) is 1.07. The zero-order chi connectivity index (χ0) is 8.97. The van der Waals surface area contributed by atoms with Crippen LogP contribution in [-0.2, 0) is 13.5 Å². The zero-order valence-corrected chi connectivity index (χ0v) is 7.70. The Morgan fingerprint density at radius 1 is 1.67 bits per heavy atom. The van der Waals surface area contributed by atoms with E-state index in [1.54, 1.807) is 11.0 Å². The summed E-state index contributed by atoms with van der Waals surface area (Å²) in [5, 5.41) is 3.99. The molecule has 0 bridgehead atoms. The molecule has 0 amide bonds. The lowest BCUT2D eigenvalue weighted by atomic mass is 10.1. The van der Waals surface area contributed by atoms with Gasteiger partial charge in [0.2, 0.25) is 0 Å². The van der Waals surface area contributed by atoms with Crippen LogP contribution in [-0.4, -0.2) is 20.8 Å². The second-order valence-corrected chi connectivity index (χ2v) is 3.01. The van der Waals surface area contributed by atoms with Crippen LogP contribution in [0, 0.1) is 0 Å². The quantitative estimate of drug-likeness (QED) is 0.711. The summed E-state index contributed by atoms with van der Waals surface area (Å²) < 4.78 is 1.79. The van der Waals surface area contributed by atoms with Crippen molar-refractivity contribution in [3.63, 3.8) is 0 Å². The first-order valence-corrected chi connectivity index (χ1v) is 4.32. The smallest absolute Gasteiger partial charge is 0.138 e. The Morgan fingerprint density at radius 3 is 2.92 bits per heavy atom. The molecular weight excluding hydrogens is 152 g/mol. The van der Waals surface area contributed by atoms with Gasteiger partial charge in [0.15, 0.2) is 0 Å². The maximum atomic E-state index is 5.78. The predicted octanol–water partition coefficient (Wildman–Crippen LogP) is 0.485. The number of aryl methyl sites for hydroxylation is 2. The van der Waals surface area contributed by atoms with Crippen LogP contribution in [0.4, 0.5) is 0 Å². The highest BCUT2D eigenvalue weighted by Crippen LogP contribution is 2.01. The molecular formula is C8H16N4. The number of hydrogen-bond acceptors (Lipinski definition) is 3. The van der Waals surface area contributed by atoms with Gasteiger partial charge in [-0.2, -0.15) is 5.10 Å². The molecule has 0 radical (unpaired) electrons. The van der Waals surface area contributed by atoms with Gasteiger partial charge in [0.25, 0.3) is 0 Å². The number of nitrogens with two attached hydrogens (primary N) is 1. The van der Waals surface area contributed by atoms with Crippen LogP contribution in [0.5, 0.6) is 0 Å². The lowest BCUT2D eigenvalue weighted by Crippen LogP contribution is -2.19. The Bertz CT molecular complexity index is 231. The zero-order valence-electron chi connectivity index (χ0n) is 7.70. The normalized spacial score (nSPS) is 13.2. The average molecular weight is 168 g/mol. The van der Waals surface area contributed by atoms with Crippen molar-refractivity contribution in [3.05, 3.63) is 12.2 Å². The Hall–Kier alpha value is -0.900. The molecule has 0 aliphatic heterocycles. The Kier molecular flexibility index (Phi) is 3.22. The summed E-state index contributed by atoms with van der Waals surface area (Å²) in [6.45, 7) is 2.10. The first-order chi connectivity index (χ1) is 5.74. The van der Waals surface area contributed by atoms with Gasteiger partial charge in [-0.3, -0.25) is 4.68 Å². The molecule has 1 heterocycles. The Morgan fingerprint density at radius 2 is 2.42 bits per heavy atom. The molecule has 1 aromatic rings. The number of nitrogens with zero attached hydrogens (tertiary/aromatic N) is 3. The number of hydrogen-bond donors (Lipinski definition) is 1. The van der Waals surface area contributed by atoms with Gasteiger partial charge in [0, 0.05) is 19.5 Å². The monoisotopic (exact) mass is 168 g/mol. The van der Waals surface area contributed by atoms with Gasteiger partial charge in [-0.1, -0.05) is 6.92 Å². The van der Waals surface area contributed by atoms with E-state index in [2.05, 4.69) is 17.0 Å². The van der Waals surface area contributed by atoms with E-state index < -0.39 is 0 Å². The van der Waals surface area contributed by atoms with E-state index in [1.165, 1.54) is 0 Å². The van der Waals surface area contributed by atoms with Gasteiger partial charge in [-0.15, -0.1) is 0 Å². The fraction of sp³-hybridized carbons (Fsp3) is 0.750. The van der Waals surface area contributed by atoms with Crippen molar-refractivity contribution in [2.45, 2.75) is 32.2 Å². The topological polar surface area (TPSA) is 56.7 Å². The molecule has 1 aromatic heterocycles. The summed E-state index contributed by atoms with van der Waals surface area (Å²) >= 11 is 0. The number of rotatable bonds is 4. The van der Waals surface area contributed by atoms with Crippen molar-refractivity contribution in [2.75, 3.05) is 0 Å². The van der Waals surface area contributed by atoms with Gasteiger partial charge < -0.3 is 5.73 Å². The van der Waals surface area contributed by atoms with E-state index in [0.29, 0.717) is 6.04 Å². The van der Waals surface area contributed by atoms with Gasteiger partial charge in [-0.05, 0) is 12.8 Å². The third-order valence-corrected chi connectivity index (χ3v) is 2.07. The summed E-state index contributed by atoms with van der Waals surface area (Å²) in [6.07, 6.45) is 4.51. The van der Waals surface area contributed by atoms with E-state index in [0.717, 1.165) is 25.1 Å². The second-order valence-electron chi connectivity index (χ2n) is 3.01. The second kappa shape index (κ2) is 4.21. The van der Waals surface area contributed by atoms with Gasteiger partial charge >= 0.3 is 0 Å². The largest absolute Gasteiger partial charge is 0.328 e. The van der Waals surface area contributed by atoms with Crippen molar-refractivity contribution < 1.29 is 0 Å². The van der Waals surface area contributed by atoms with E-state index in [-0.39, 0.29) is 0 Å². The van der Waals surface area contributed by atoms with Gasteiger partial charge in [0.05, 0.1) is 0 Å². The molecule has 0 aliphatic carbocycles. The molecule has 0 fully saturated rings. The molecule has 0 aliphatic rings. The molecule has 4 nitrogen and oxygen atoms in total. The standard InChI is InChI=1S/C8H16N4/c1-3-7(9)4-5-8-10-6-11-12(8)2/h6-7H,3-5,9H2,1-2H3. The van der Waals surface area contributed by atoms with Gasteiger partial charge in [-0.25, -0.2) is 4.98 Å². The van der Waals surface area contributed by atoms with E-state index >= 15 is 0 Å². The molecule has 1 unspecified atom stereocenters. The number of aromatic nitrogens is 3. The summed E-state index contributed by atoms with van der Waals surface area (Å²) in [7, 11) is 1.90. The van der Waals surface area contributed by atoms with Crippen LogP contribution >= 0.6 is 0 Å². The minimum absolute atomic E-state index is 0.293. The fourth-order valence-electron chi connectivity index (χ4n) is 1.07. The van der Waals surface area contributed by atoms with Gasteiger partial charge in [0.1, 0.15) is 12.2 Å². The van der Waals surface area contributed by atoms with Crippen molar-refractivity contribution in [1.82, 2.24) is 14.8 Å². The maximum Gasteiger partial charge on any atom is 0.138 e. The summed E-state index contributed by atoms with van der Waals surface area (Å²) in [5.41, 5.74) is 5.78. The molecule has 0 saturated carbocycles. The molecule has 4 heteroatoms. The molecule has 12 heavy (non-hydrogen) atoms. The maximum absolute atomic E-state index is 5.78. The first-order valence-electron chi connectivity index (χ1n) is 4.32. The molecule has 1 atom stereocenters. The molecule has 0 spiro atoms. The Labute approximate surface area is 72.8 Å². The highest BCUT2D eigenvalue weighted by Gasteiger charge is 2.03. The molecule has 0 saturated heterocycles. The summed E-state index contributed by atoms with van der Waals surface area (Å²) in [6, 6.07) is 0.293. The van der Waals surface area contributed by atoms with E-state index in [4.69, 9.17) is 5.73 Å². The van der Waals surface area contributed by atoms with Crippen molar-refractivity contribution in [2.24, 2.45) is 12.8 Å². The van der Waals surface area contributed by atoms with Crippen LogP contribution in [0.2, 0.25) is 0 Å². The van der Waals surface area contributed by atoms with Crippen LogP contribution in [0.15, 0.2) is 6.33 Å². The Balaban J connectivity index is 2.38. The SMILES string of the molecule is CCC(N)CCc1ncnn1C. The van der Waals surface area contributed by atoms with E-state index in [1.807, 2.05) is 7.05 Å². The molecule has 1 rings (SSSR count). The highest BCUT2D eigenvalue weighted by atomic mass is 15.3. The lowest BCUT2D eigenvalue weighted by Gasteiger charge is -2.06. The van der Waals surface area contributed by atoms with Crippen LogP contribution < -0.4 is 5.73 Å². The minimum atomic E-state index is 0.293. The average Bonchev–Trinajstić information content (AvgIpc) is 2.47.